The topological polar surface area (TPSA) is 39.9 Å². The lowest BCUT2D eigenvalue weighted by Gasteiger charge is -2.12. The lowest BCUT2D eigenvalue weighted by Crippen LogP contribution is -2.01. The molecule has 0 aliphatic heterocycles. The number of hydrogen-bond acceptors (Lipinski definition) is 4. The molecule has 0 saturated carbocycles. The number of methoxy groups -OCH3 is 1. The molecule has 4 nitrogen and oxygen atoms in total. The highest BCUT2D eigenvalue weighted by Gasteiger charge is 2.18. The number of aromatic nitrogens is 3. The third-order valence-corrected chi connectivity index (χ3v) is 5.70. The van der Waals surface area contributed by atoms with E-state index in [1.807, 2.05) is 60.0 Å². The molecule has 0 aliphatic rings. The molecule has 3 aromatic carbocycles. The molecule has 1 heterocycles. The predicted octanol–water partition coefficient (Wildman–Crippen LogP) is 5.82. The van der Waals surface area contributed by atoms with Crippen LogP contribution in [0.1, 0.15) is 11.1 Å². The molecular formula is C23H19F2N3OS. The van der Waals surface area contributed by atoms with Gasteiger partial charge in [-0.3, -0.25) is 4.57 Å². The first-order valence-corrected chi connectivity index (χ1v) is 10.3. The van der Waals surface area contributed by atoms with Crippen molar-refractivity contribution in [3.8, 4) is 22.8 Å². The second-order valence-electron chi connectivity index (χ2n) is 6.69. The van der Waals surface area contributed by atoms with Crippen LogP contribution in [0.15, 0.2) is 71.9 Å². The highest BCUT2D eigenvalue weighted by Crippen LogP contribution is 2.31. The van der Waals surface area contributed by atoms with Gasteiger partial charge in [0.1, 0.15) is 5.75 Å². The van der Waals surface area contributed by atoms with E-state index in [2.05, 4.69) is 10.2 Å². The average molecular weight is 423 g/mol. The zero-order valence-electron chi connectivity index (χ0n) is 16.5. The van der Waals surface area contributed by atoms with E-state index in [1.165, 1.54) is 17.8 Å². The largest absolute Gasteiger partial charge is 0.497 e. The number of nitrogens with zero attached hydrogens (tertiary/aromatic N) is 3. The Balaban J connectivity index is 1.74. The number of benzene rings is 3. The van der Waals surface area contributed by atoms with Crippen molar-refractivity contribution in [1.82, 2.24) is 14.8 Å². The van der Waals surface area contributed by atoms with E-state index >= 15 is 0 Å². The summed E-state index contributed by atoms with van der Waals surface area (Å²) in [5, 5.41) is 9.48. The summed E-state index contributed by atoms with van der Waals surface area (Å²) in [6.45, 7) is 2.02. The summed E-state index contributed by atoms with van der Waals surface area (Å²) in [6.07, 6.45) is 0. The van der Waals surface area contributed by atoms with Crippen LogP contribution in [0.3, 0.4) is 0 Å². The number of hydrogen-bond donors (Lipinski definition) is 0. The Hall–Kier alpha value is -3.19. The van der Waals surface area contributed by atoms with Crippen LogP contribution >= 0.6 is 11.8 Å². The zero-order valence-corrected chi connectivity index (χ0v) is 17.3. The van der Waals surface area contributed by atoms with E-state index in [4.69, 9.17) is 4.74 Å². The monoisotopic (exact) mass is 423 g/mol. The van der Waals surface area contributed by atoms with E-state index < -0.39 is 11.6 Å². The molecule has 0 amide bonds. The van der Waals surface area contributed by atoms with Crippen LogP contribution in [0.4, 0.5) is 8.78 Å². The summed E-state index contributed by atoms with van der Waals surface area (Å²) in [5.41, 5.74) is 3.60. The molecule has 0 fully saturated rings. The third-order valence-electron chi connectivity index (χ3n) is 4.70. The number of ether oxygens (including phenoxy) is 1. The maximum atomic E-state index is 13.6. The van der Waals surface area contributed by atoms with Gasteiger partial charge in [-0.05, 0) is 54.4 Å². The van der Waals surface area contributed by atoms with Crippen molar-refractivity contribution < 1.29 is 13.5 Å². The van der Waals surface area contributed by atoms with Gasteiger partial charge in [-0.15, -0.1) is 10.2 Å². The van der Waals surface area contributed by atoms with E-state index in [9.17, 15) is 8.78 Å². The van der Waals surface area contributed by atoms with Gasteiger partial charge in [0, 0.05) is 17.0 Å². The first-order valence-electron chi connectivity index (χ1n) is 9.29. The molecule has 0 unspecified atom stereocenters. The molecule has 0 atom stereocenters. The Labute approximate surface area is 177 Å². The fourth-order valence-electron chi connectivity index (χ4n) is 3.10. The van der Waals surface area contributed by atoms with Crippen LogP contribution in [0.25, 0.3) is 17.1 Å². The van der Waals surface area contributed by atoms with Crippen LogP contribution in [0, 0.1) is 18.6 Å². The molecule has 1 aromatic heterocycles. The van der Waals surface area contributed by atoms with Gasteiger partial charge in [-0.25, -0.2) is 8.78 Å². The minimum atomic E-state index is -0.856. The fraction of sp³-hybridized carbons (Fsp3) is 0.130. The number of rotatable bonds is 6. The van der Waals surface area contributed by atoms with Crippen molar-refractivity contribution in [2.75, 3.05) is 7.11 Å². The molecule has 152 valence electrons. The van der Waals surface area contributed by atoms with Crippen molar-refractivity contribution in [2.24, 2.45) is 0 Å². The Bertz CT molecular complexity index is 1180. The van der Waals surface area contributed by atoms with Crippen LogP contribution in [-0.4, -0.2) is 21.9 Å². The lowest BCUT2D eigenvalue weighted by atomic mass is 10.1. The minimum absolute atomic E-state index is 0.430. The maximum Gasteiger partial charge on any atom is 0.196 e. The summed E-state index contributed by atoms with van der Waals surface area (Å²) in [6, 6.07) is 19.5. The van der Waals surface area contributed by atoms with Crippen molar-refractivity contribution in [1.29, 1.82) is 0 Å². The third kappa shape index (κ3) is 4.07. The molecule has 0 aliphatic carbocycles. The molecule has 0 N–H and O–H groups in total. The normalized spacial score (nSPS) is 10.9. The zero-order chi connectivity index (χ0) is 21.1. The number of aryl methyl sites for hydroxylation is 1. The summed E-state index contributed by atoms with van der Waals surface area (Å²) in [4.78, 5) is 0. The Morgan fingerprint density at radius 3 is 2.40 bits per heavy atom. The fourth-order valence-corrected chi connectivity index (χ4v) is 4.00. The lowest BCUT2D eigenvalue weighted by molar-refractivity contribution is 0.414. The Morgan fingerprint density at radius 1 is 0.933 bits per heavy atom. The van der Waals surface area contributed by atoms with Gasteiger partial charge < -0.3 is 4.74 Å². The predicted molar refractivity (Wildman–Crippen MR) is 114 cm³/mol. The van der Waals surface area contributed by atoms with Crippen LogP contribution in [0.5, 0.6) is 5.75 Å². The van der Waals surface area contributed by atoms with E-state index in [0.717, 1.165) is 28.6 Å². The average Bonchev–Trinajstić information content (AvgIpc) is 3.18. The molecular weight excluding hydrogens is 404 g/mol. The summed E-state index contributed by atoms with van der Waals surface area (Å²) >= 11 is 1.41. The molecule has 4 rings (SSSR count). The van der Waals surface area contributed by atoms with Gasteiger partial charge >= 0.3 is 0 Å². The molecule has 0 bridgehead atoms. The SMILES string of the molecule is COc1ccc(-n2c(SCc3ccc(F)c(F)c3)nnc2-c2ccccc2C)cc1. The minimum Gasteiger partial charge on any atom is -0.497 e. The van der Waals surface area contributed by atoms with Crippen LogP contribution in [0.2, 0.25) is 0 Å². The first kappa shape index (κ1) is 20.1. The van der Waals surface area contributed by atoms with E-state index in [-0.39, 0.29) is 0 Å². The smallest absolute Gasteiger partial charge is 0.196 e. The maximum absolute atomic E-state index is 13.6. The number of halogens is 2. The van der Waals surface area contributed by atoms with Crippen molar-refractivity contribution in [2.45, 2.75) is 17.8 Å². The van der Waals surface area contributed by atoms with Gasteiger partial charge in [0.25, 0.3) is 0 Å². The van der Waals surface area contributed by atoms with Gasteiger partial charge in [0.15, 0.2) is 22.6 Å². The van der Waals surface area contributed by atoms with E-state index in [0.29, 0.717) is 22.3 Å². The van der Waals surface area contributed by atoms with Gasteiger partial charge in [-0.2, -0.15) is 0 Å². The standard InChI is InChI=1S/C23H19F2N3OS/c1-15-5-3-4-6-19(15)22-26-27-23(28(22)17-8-10-18(29-2)11-9-17)30-14-16-7-12-20(24)21(25)13-16/h3-13H,14H2,1-2H3. The Morgan fingerprint density at radius 2 is 1.70 bits per heavy atom. The van der Waals surface area contributed by atoms with Crippen LogP contribution < -0.4 is 4.74 Å². The van der Waals surface area contributed by atoms with Crippen molar-refractivity contribution >= 4 is 11.8 Å². The summed E-state index contributed by atoms with van der Waals surface area (Å²) < 4.78 is 34.0. The number of thioether (sulfide) groups is 1. The van der Waals surface area contributed by atoms with Crippen LogP contribution in [-0.2, 0) is 5.75 Å². The van der Waals surface area contributed by atoms with Crippen molar-refractivity contribution in [3.05, 3.63) is 89.5 Å². The molecule has 7 heteroatoms. The summed E-state index contributed by atoms with van der Waals surface area (Å²) in [5.74, 6) is 0.183. The second-order valence-corrected chi connectivity index (χ2v) is 7.63. The highest BCUT2D eigenvalue weighted by atomic mass is 32.2. The second kappa shape index (κ2) is 8.67. The van der Waals surface area contributed by atoms with Gasteiger partial charge in [0.05, 0.1) is 7.11 Å². The molecule has 0 saturated heterocycles. The van der Waals surface area contributed by atoms with E-state index in [1.54, 1.807) is 13.2 Å². The highest BCUT2D eigenvalue weighted by molar-refractivity contribution is 7.98. The quantitative estimate of drug-likeness (QED) is 0.366. The molecule has 30 heavy (non-hydrogen) atoms. The Kier molecular flexibility index (Phi) is 5.81. The first-order chi connectivity index (χ1) is 14.6. The van der Waals surface area contributed by atoms with Crippen molar-refractivity contribution in [3.63, 3.8) is 0 Å². The molecule has 0 radical (unpaired) electrons. The molecule has 4 aromatic rings. The summed E-state index contributed by atoms with van der Waals surface area (Å²) in [7, 11) is 1.62. The van der Waals surface area contributed by atoms with Gasteiger partial charge in [-0.1, -0.05) is 42.1 Å². The molecule has 0 spiro atoms. The van der Waals surface area contributed by atoms with Gasteiger partial charge in [0.2, 0.25) is 0 Å².